The number of nitrogens with one attached hydrogen (secondary N) is 1. The normalized spacial score (nSPS) is 42.8. The highest BCUT2D eigenvalue weighted by Gasteiger charge is 2.33. The van der Waals surface area contributed by atoms with E-state index in [1.165, 1.54) is 51.9 Å². The number of ether oxygens (including phenoxy) is 1. The topological polar surface area (TPSA) is 24.5 Å². The van der Waals surface area contributed by atoms with Crippen molar-refractivity contribution in [3.63, 3.8) is 0 Å². The van der Waals surface area contributed by atoms with E-state index in [0.29, 0.717) is 0 Å². The fourth-order valence-corrected chi connectivity index (χ4v) is 3.50. The highest BCUT2D eigenvalue weighted by atomic mass is 16.5. The summed E-state index contributed by atoms with van der Waals surface area (Å²) in [6.07, 6.45) is 5.38. The maximum atomic E-state index is 5.41. The summed E-state index contributed by atoms with van der Waals surface area (Å²) < 4.78 is 5.41. The SMILES string of the molecule is C(CC1CCOC1)NC1CCN2CCC1C2. The number of fused-ring (bicyclic) bond motifs is 2. The van der Waals surface area contributed by atoms with Gasteiger partial charge in [-0.2, -0.15) is 0 Å². The second kappa shape index (κ2) is 5.03. The summed E-state index contributed by atoms with van der Waals surface area (Å²) in [5, 5.41) is 3.79. The lowest BCUT2D eigenvalue weighted by Crippen LogP contribution is -2.44. The first-order valence-corrected chi connectivity index (χ1v) is 6.95. The number of hydrogen-bond donors (Lipinski definition) is 1. The summed E-state index contributed by atoms with van der Waals surface area (Å²) in [7, 11) is 0. The molecule has 4 atom stereocenters. The van der Waals surface area contributed by atoms with Crippen LogP contribution in [0.15, 0.2) is 0 Å². The Morgan fingerprint density at radius 1 is 1.19 bits per heavy atom. The van der Waals surface area contributed by atoms with E-state index in [1.54, 1.807) is 0 Å². The predicted molar refractivity (Wildman–Crippen MR) is 64.5 cm³/mol. The Labute approximate surface area is 98.5 Å². The van der Waals surface area contributed by atoms with Crippen molar-refractivity contribution in [2.24, 2.45) is 11.8 Å². The van der Waals surface area contributed by atoms with Crippen LogP contribution in [-0.4, -0.2) is 50.3 Å². The molecule has 0 spiro atoms. The van der Waals surface area contributed by atoms with Gasteiger partial charge in [-0.3, -0.25) is 0 Å². The van der Waals surface area contributed by atoms with E-state index in [4.69, 9.17) is 4.74 Å². The van der Waals surface area contributed by atoms with Crippen molar-refractivity contribution in [3.05, 3.63) is 0 Å². The summed E-state index contributed by atoms with van der Waals surface area (Å²) >= 11 is 0. The standard InChI is InChI=1S/C13H24N2O/c1(11-4-8-16-10-11)5-14-13-3-7-15-6-2-12(13)9-15/h11-14H,1-10H2. The minimum atomic E-state index is 0.807. The molecule has 0 aromatic rings. The molecule has 1 N–H and O–H groups in total. The molecule has 3 aliphatic heterocycles. The van der Waals surface area contributed by atoms with Crippen LogP contribution in [0.5, 0.6) is 0 Å². The largest absolute Gasteiger partial charge is 0.381 e. The highest BCUT2D eigenvalue weighted by Crippen LogP contribution is 2.27. The van der Waals surface area contributed by atoms with Gasteiger partial charge >= 0.3 is 0 Å². The van der Waals surface area contributed by atoms with Gasteiger partial charge in [0.05, 0.1) is 0 Å². The number of piperidine rings is 1. The van der Waals surface area contributed by atoms with E-state index in [-0.39, 0.29) is 0 Å². The maximum Gasteiger partial charge on any atom is 0.0495 e. The van der Waals surface area contributed by atoms with Gasteiger partial charge in [0.2, 0.25) is 0 Å². The van der Waals surface area contributed by atoms with Crippen molar-refractivity contribution < 1.29 is 4.74 Å². The molecule has 92 valence electrons. The van der Waals surface area contributed by atoms with Crippen LogP contribution in [0.2, 0.25) is 0 Å². The van der Waals surface area contributed by atoms with Crippen LogP contribution in [-0.2, 0) is 4.74 Å². The molecule has 3 heteroatoms. The minimum absolute atomic E-state index is 0.807. The molecule has 3 aliphatic rings. The molecule has 0 saturated carbocycles. The first-order valence-electron chi connectivity index (χ1n) is 6.95. The molecule has 2 bridgehead atoms. The van der Waals surface area contributed by atoms with Gasteiger partial charge in [0.25, 0.3) is 0 Å². The Hall–Kier alpha value is -0.120. The Morgan fingerprint density at radius 3 is 3.00 bits per heavy atom. The van der Waals surface area contributed by atoms with Crippen molar-refractivity contribution in [1.82, 2.24) is 10.2 Å². The van der Waals surface area contributed by atoms with E-state index in [0.717, 1.165) is 31.1 Å². The monoisotopic (exact) mass is 224 g/mol. The Morgan fingerprint density at radius 2 is 2.12 bits per heavy atom. The molecular formula is C13H24N2O. The van der Waals surface area contributed by atoms with E-state index in [9.17, 15) is 0 Å². The number of hydrogen-bond acceptors (Lipinski definition) is 3. The molecule has 3 saturated heterocycles. The molecule has 4 unspecified atom stereocenters. The van der Waals surface area contributed by atoms with Gasteiger partial charge in [-0.1, -0.05) is 0 Å². The van der Waals surface area contributed by atoms with Crippen LogP contribution in [0.25, 0.3) is 0 Å². The fraction of sp³-hybridized carbons (Fsp3) is 1.00. The summed E-state index contributed by atoms with van der Waals surface area (Å²) in [6.45, 7) is 7.22. The zero-order valence-corrected chi connectivity index (χ0v) is 10.2. The van der Waals surface area contributed by atoms with Crippen LogP contribution in [0.1, 0.15) is 25.7 Å². The number of rotatable bonds is 4. The molecule has 0 aromatic heterocycles. The maximum absolute atomic E-state index is 5.41. The molecule has 3 heterocycles. The Balaban J connectivity index is 1.38. The zero-order chi connectivity index (χ0) is 10.8. The summed E-state index contributed by atoms with van der Waals surface area (Å²) in [5.74, 6) is 1.77. The lowest BCUT2D eigenvalue weighted by Gasteiger charge is -2.31. The van der Waals surface area contributed by atoms with E-state index >= 15 is 0 Å². The van der Waals surface area contributed by atoms with Gasteiger partial charge in [-0.05, 0) is 57.2 Å². The molecular weight excluding hydrogens is 200 g/mol. The molecule has 16 heavy (non-hydrogen) atoms. The smallest absolute Gasteiger partial charge is 0.0495 e. The second-order valence-corrected chi connectivity index (χ2v) is 5.72. The first-order chi connectivity index (χ1) is 7.92. The van der Waals surface area contributed by atoms with E-state index in [1.807, 2.05) is 0 Å². The van der Waals surface area contributed by atoms with Gasteiger partial charge in [0, 0.05) is 25.8 Å². The zero-order valence-electron chi connectivity index (χ0n) is 10.2. The molecule has 3 rings (SSSR count). The highest BCUT2D eigenvalue weighted by molar-refractivity contribution is 4.90. The van der Waals surface area contributed by atoms with E-state index < -0.39 is 0 Å². The molecule has 0 aliphatic carbocycles. The third-order valence-electron chi connectivity index (χ3n) is 4.62. The van der Waals surface area contributed by atoms with Crippen molar-refractivity contribution in [3.8, 4) is 0 Å². The molecule has 0 radical (unpaired) electrons. The quantitative estimate of drug-likeness (QED) is 0.774. The van der Waals surface area contributed by atoms with E-state index in [2.05, 4.69) is 10.2 Å². The fourth-order valence-electron chi connectivity index (χ4n) is 3.50. The van der Waals surface area contributed by atoms with Crippen LogP contribution in [0.3, 0.4) is 0 Å². The summed E-state index contributed by atoms with van der Waals surface area (Å²) in [6, 6.07) is 0.807. The van der Waals surface area contributed by atoms with Gasteiger partial charge < -0.3 is 15.0 Å². The minimum Gasteiger partial charge on any atom is -0.381 e. The van der Waals surface area contributed by atoms with Gasteiger partial charge in [-0.15, -0.1) is 0 Å². The summed E-state index contributed by atoms with van der Waals surface area (Å²) in [4.78, 5) is 2.62. The van der Waals surface area contributed by atoms with Gasteiger partial charge in [-0.25, -0.2) is 0 Å². The Bertz CT molecular complexity index is 228. The average molecular weight is 224 g/mol. The number of nitrogens with zero attached hydrogens (tertiary/aromatic N) is 1. The third kappa shape index (κ3) is 2.41. The second-order valence-electron chi connectivity index (χ2n) is 5.72. The predicted octanol–water partition coefficient (Wildman–Crippen LogP) is 1.10. The Kier molecular flexibility index (Phi) is 3.46. The third-order valence-corrected chi connectivity index (χ3v) is 4.62. The summed E-state index contributed by atoms with van der Waals surface area (Å²) in [5.41, 5.74) is 0. The van der Waals surface area contributed by atoms with Crippen LogP contribution in [0.4, 0.5) is 0 Å². The van der Waals surface area contributed by atoms with Gasteiger partial charge in [0.15, 0.2) is 0 Å². The van der Waals surface area contributed by atoms with Crippen LogP contribution < -0.4 is 5.32 Å². The van der Waals surface area contributed by atoms with Crippen molar-refractivity contribution in [1.29, 1.82) is 0 Å². The molecule has 3 fully saturated rings. The van der Waals surface area contributed by atoms with Crippen molar-refractivity contribution in [2.45, 2.75) is 31.7 Å². The molecule has 0 aromatic carbocycles. The van der Waals surface area contributed by atoms with Gasteiger partial charge in [0.1, 0.15) is 0 Å². The average Bonchev–Trinajstić information content (AvgIpc) is 2.92. The first kappa shape index (κ1) is 11.0. The molecule has 3 nitrogen and oxygen atoms in total. The van der Waals surface area contributed by atoms with Crippen LogP contribution >= 0.6 is 0 Å². The van der Waals surface area contributed by atoms with Crippen LogP contribution in [0, 0.1) is 11.8 Å². The van der Waals surface area contributed by atoms with Crippen molar-refractivity contribution in [2.75, 3.05) is 39.4 Å². The lowest BCUT2D eigenvalue weighted by molar-refractivity contribution is 0.182. The van der Waals surface area contributed by atoms with Crippen molar-refractivity contribution >= 4 is 0 Å². The lowest BCUT2D eigenvalue weighted by atomic mass is 9.94. The molecule has 0 amide bonds.